The molecule has 1 heterocycles. The third-order valence-electron chi connectivity index (χ3n) is 4.16. The van der Waals surface area contributed by atoms with Gasteiger partial charge in [-0.15, -0.1) is 0 Å². The maximum Gasteiger partial charge on any atom is 0.265 e. The van der Waals surface area contributed by atoms with Crippen LogP contribution in [0.25, 0.3) is 0 Å². The third kappa shape index (κ3) is 6.05. The molecule has 0 spiro atoms. The minimum atomic E-state index is -0.456. The van der Waals surface area contributed by atoms with E-state index in [1.54, 1.807) is 68.8 Å². The number of nitrogens with two attached hydrogens (primary N) is 1. The van der Waals surface area contributed by atoms with Crippen LogP contribution in [0.5, 0.6) is 11.6 Å². The van der Waals surface area contributed by atoms with Crippen LogP contribution in [-0.4, -0.2) is 48.2 Å². The highest BCUT2D eigenvalue weighted by Crippen LogP contribution is 2.22. The smallest absolute Gasteiger partial charge is 0.265 e. The molecule has 0 saturated heterocycles. The molecule has 0 unspecified atom stereocenters. The van der Waals surface area contributed by atoms with Gasteiger partial charge < -0.3 is 25.5 Å². The number of oxime groups is 1. The summed E-state index contributed by atoms with van der Waals surface area (Å²) < 4.78 is 5.75. The molecule has 0 aliphatic heterocycles. The number of pyridine rings is 1. The van der Waals surface area contributed by atoms with Crippen LogP contribution in [0.15, 0.2) is 78.1 Å². The highest BCUT2D eigenvalue weighted by atomic mass is 16.6. The van der Waals surface area contributed by atoms with E-state index in [0.29, 0.717) is 22.6 Å². The normalized spacial score (nSPS) is 10.9. The highest BCUT2D eigenvalue weighted by Gasteiger charge is 2.12. The fourth-order valence-corrected chi connectivity index (χ4v) is 2.66. The second-order valence-electron chi connectivity index (χ2n) is 6.85. The lowest BCUT2D eigenvalue weighted by atomic mass is 10.2. The molecule has 2 amide bonds. The highest BCUT2D eigenvalue weighted by molar-refractivity contribution is 5.99. The number of amidine groups is 1. The van der Waals surface area contributed by atoms with Gasteiger partial charge in [-0.05, 0) is 42.5 Å². The number of anilines is 1. The van der Waals surface area contributed by atoms with E-state index >= 15 is 0 Å². The SMILES string of the molecule is CN(C)C(=O)c1cccc(NC(=O)CO/N=C(/N)c2cccnc2Oc2ccccc2)c1. The molecular formula is C23H23N5O4. The summed E-state index contributed by atoms with van der Waals surface area (Å²) in [7, 11) is 3.31. The molecule has 0 aliphatic carbocycles. The van der Waals surface area contributed by atoms with E-state index in [2.05, 4.69) is 15.5 Å². The molecule has 9 heteroatoms. The van der Waals surface area contributed by atoms with Gasteiger partial charge in [-0.25, -0.2) is 4.98 Å². The van der Waals surface area contributed by atoms with Crippen molar-refractivity contribution < 1.29 is 19.2 Å². The van der Waals surface area contributed by atoms with Gasteiger partial charge in [0.1, 0.15) is 5.75 Å². The summed E-state index contributed by atoms with van der Waals surface area (Å²) >= 11 is 0. The van der Waals surface area contributed by atoms with E-state index in [1.807, 2.05) is 18.2 Å². The van der Waals surface area contributed by atoms with Crippen LogP contribution < -0.4 is 15.8 Å². The number of rotatable bonds is 8. The van der Waals surface area contributed by atoms with Gasteiger partial charge in [0.15, 0.2) is 12.4 Å². The number of ether oxygens (including phenoxy) is 1. The Kier molecular flexibility index (Phi) is 7.37. The number of nitrogens with one attached hydrogen (secondary N) is 1. The van der Waals surface area contributed by atoms with Crippen LogP contribution in [0.4, 0.5) is 5.69 Å². The maximum absolute atomic E-state index is 12.2. The van der Waals surface area contributed by atoms with Gasteiger partial charge in [-0.3, -0.25) is 9.59 Å². The molecule has 3 N–H and O–H groups in total. The number of hydrogen-bond acceptors (Lipinski definition) is 6. The van der Waals surface area contributed by atoms with Gasteiger partial charge in [0.2, 0.25) is 5.88 Å². The molecule has 2 aromatic carbocycles. The Morgan fingerprint density at radius 1 is 1.06 bits per heavy atom. The quantitative estimate of drug-likeness (QED) is 0.320. The standard InChI is InChI=1S/C23H23N5O4/c1-28(2)23(30)16-8-6-9-17(14-16)26-20(29)15-31-27-21(24)19-12-7-13-25-22(19)32-18-10-4-3-5-11-18/h3-14H,15H2,1-2H3,(H2,24,27)(H,26,29). The molecule has 0 radical (unpaired) electrons. The number of carbonyl (C=O) groups excluding carboxylic acids is 2. The molecule has 0 bridgehead atoms. The molecule has 9 nitrogen and oxygen atoms in total. The average Bonchev–Trinajstić information content (AvgIpc) is 2.79. The largest absolute Gasteiger partial charge is 0.438 e. The van der Waals surface area contributed by atoms with Crippen molar-refractivity contribution in [2.75, 3.05) is 26.0 Å². The summed E-state index contributed by atoms with van der Waals surface area (Å²) in [6.45, 7) is -0.373. The lowest BCUT2D eigenvalue weighted by Crippen LogP contribution is -2.22. The fraction of sp³-hybridized carbons (Fsp3) is 0.130. The molecule has 3 aromatic rings. The summed E-state index contributed by atoms with van der Waals surface area (Å²) in [5, 5.41) is 6.45. The number of para-hydroxylation sites is 1. The van der Waals surface area contributed by atoms with Crippen molar-refractivity contribution in [1.82, 2.24) is 9.88 Å². The predicted octanol–water partition coefficient (Wildman–Crippen LogP) is 2.85. The zero-order valence-electron chi connectivity index (χ0n) is 17.7. The van der Waals surface area contributed by atoms with Crippen LogP contribution in [0.3, 0.4) is 0 Å². The van der Waals surface area contributed by atoms with E-state index in [9.17, 15) is 9.59 Å². The van der Waals surface area contributed by atoms with E-state index in [1.165, 1.54) is 4.90 Å². The van der Waals surface area contributed by atoms with Gasteiger partial charge in [-0.2, -0.15) is 0 Å². The van der Waals surface area contributed by atoms with Crippen LogP contribution >= 0.6 is 0 Å². The van der Waals surface area contributed by atoms with E-state index in [-0.39, 0.29) is 24.2 Å². The third-order valence-corrected chi connectivity index (χ3v) is 4.16. The second kappa shape index (κ2) is 10.6. The molecule has 3 rings (SSSR count). The number of aromatic nitrogens is 1. The number of carbonyl (C=O) groups is 2. The summed E-state index contributed by atoms with van der Waals surface area (Å²) in [6, 6.07) is 19.1. The van der Waals surface area contributed by atoms with Gasteiger partial charge in [0.05, 0.1) is 5.56 Å². The Hall–Kier alpha value is -4.40. The topological polar surface area (TPSA) is 119 Å². The summed E-state index contributed by atoms with van der Waals surface area (Å²) in [5.74, 6) is 0.240. The first kappa shape index (κ1) is 22.3. The van der Waals surface area contributed by atoms with Crippen molar-refractivity contribution in [3.8, 4) is 11.6 Å². The van der Waals surface area contributed by atoms with Crippen LogP contribution in [0.1, 0.15) is 15.9 Å². The zero-order chi connectivity index (χ0) is 22.9. The fourth-order valence-electron chi connectivity index (χ4n) is 2.66. The molecule has 0 atom stereocenters. The second-order valence-corrected chi connectivity index (χ2v) is 6.85. The molecule has 0 fully saturated rings. The Morgan fingerprint density at radius 2 is 1.84 bits per heavy atom. The van der Waals surface area contributed by atoms with E-state index in [4.69, 9.17) is 15.3 Å². The molecule has 32 heavy (non-hydrogen) atoms. The average molecular weight is 433 g/mol. The first-order chi connectivity index (χ1) is 15.4. The van der Waals surface area contributed by atoms with Crippen molar-refractivity contribution in [2.24, 2.45) is 10.9 Å². The van der Waals surface area contributed by atoms with E-state index in [0.717, 1.165) is 0 Å². The lowest BCUT2D eigenvalue weighted by molar-refractivity contribution is -0.120. The first-order valence-corrected chi connectivity index (χ1v) is 9.69. The van der Waals surface area contributed by atoms with Crippen molar-refractivity contribution in [3.63, 3.8) is 0 Å². The first-order valence-electron chi connectivity index (χ1n) is 9.69. The molecule has 0 saturated carbocycles. The molecular weight excluding hydrogens is 410 g/mol. The Balaban J connectivity index is 1.60. The number of amides is 2. The van der Waals surface area contributed by atoms with Crippen LogP contribution in [0, 0.1) is 0 Å². The zero-order valence-corrected chi connectivity index (χ0v) is 17.7. The van der Waals surface area contributed by atoms with Gasteiger partial charge in [-0.1, -0.05) is 29.4 Å². The molecule has 164 valence electrons. The molecule has 1 aromatic heterocycles. The number of nitrogens with zero attached hydrogens (tertiary/aromatic N) is 3. The van der Waals surface area contributed by atoms with Crippen molar-refractivity contribution >= 4 is 23.3 Å². The number of hydrogen-bond donors (Lipinski definition) is 2. The Morgan fingerprint density at radius 3 is 2.59 bits per heavy atom. The summed E-state index contributed by atoms with van der Waals surface area (Å²) in [6.07, 6.45) is 1.57. The van der Waals surface area contributed by atoms with E-state index < -0.39 is 5.91 Å². The minimum absolute atomic E-state index is 0.00964. The number of benzene rings is 2. The van der Waals surface area contributed by atoms with Gasteiger partial charge in [0.25, 0.3) is 11.8 Å². The summed E-state index contributed by atoms with van der Waals surface area (Å²) in [5.41, 5.74) is 7.35. The monoisotopic (exact) mass is 433 g/mol. The van der Waals surface area contributed by atoms with Gasteiger partial charge >= 0.3 is 0 Å². The maximum atomic E-state index is 12.2. The predicted molar refractivity (Wildman–Crippen MR) is 121 cm³/mol. The minimum Gasteiger partial charge on any atom is -0.438 e. The van der Waals surface area contributed by atoms with Crippen molar-refractivity contribution in [2.45, 2.75) is 0 Å². The van der Waals surface area contributed by atoms with Crippen molar-refractivity contribution in [3.05, 3.63) is 84.1 Å². The van der Waals surface area contributed by atoms with Gasteiger partial charge in [0, 0.05) is 31.5 Å². The van der Waals surface area contributed by atoms with Crippen LogP contribution in [-0.2, 0) is 9.63 Å². The van der Waals surface area contributed by atoms with Crippen LogP contribution in [0.2, 0.25) is 0 Å². The Labute approximate surface area is 185 Å². The lowest BCUT2D eigenvalue weighted by Gasteiger charge is -2.11. The molecule has 0 aliphatic rings. The van der Waals surface area contributed by atoms with Crippen molar-refractivity contribution in [1.29, 1.82) is 0 Å². The summed E-state index contributed by atoms with van der Waals surface area (Å²) in [4.78, 5) is 35.0. The Bertz CT molecular complexity index is 1120.